The third-order valence-corrected chi connectivity index (χ3v) is 2.66. The van der Waals surface area contributed by atoms with Crippen LogP contribution in [0, 0.1) is 11.3 Å². The Balaban J connectivity index is 2.47. The van der Waals surface area contributed by atoms with Crippen molar-refractivity contribution in [2.75, 3.05) is 6.61 Å². The Bertz CT molecular complexity index is 701. The van der Waals surface area contributed by atoms with Gasteiger partial charge in [0.05, 0.1) is 17.1 Å². The topological polar surface area (TPSA) is 89.0 Å². The van der Waals surface area contributed by atoms with Gasteiger partial charge in [0, 0.05) is 17.1 Å². The number of hydrogen-bond acceptors (Lipinski definition) is 4. The lowest BCUT2D eigenvalue weighted by Crippen LogP contribution is -2.14. The Labute approximate surface area is 109 Å². The molecule has 0 fully saturated rings. The molecule has 5 heteroatoms. The van der Waals surface area contributed by atoms with E-state index in [0.717, 1.165) is 10.9 Å². The summed E-state index contributed by atoms with van der Waals surface area (Å²) >= 11 is 0. The molecule has 0 aliphatic carbocycles. The molecule has 1 amide bonds. The Morgan fingerprint density at radius 1 is 1.47 bits per heavy atom. The van der Waals surface area contributed by atoms with Crippen LogP contribution in [0.2, 0.25) is 0 Å². The standard InChI is InChI=1S/C14H11N3O2/c1-9(8-19-14(16)18)11-3-2-4-12-10(7-15)5-6-17-13(11)12/h2-6H,1,8H2,(H2,16,18). The minimum Gasteiger partial charge on any atom is -0.445 e. The third-order valence-electron chi connectivity index (χ3n) is 2.66. The van der Waals surface area contributed by atoms with Gasteiger partial charge in [-0.05, 0) is 11.6 Å². The lowest BCUT2D eigenvalue weighted by molar-refractivity contribution is 0.171. The number of carbonyl (C=O) groups is 1. The zero-order valence-electron chi connectivity index (χ0n) is 10.1. The largest absolute Gasteiger partial charge is 0.445 e. The van der Waals surface area contributed by atoms with E-state index in [1.165, 1.54) is 0 Å². The van der Waals surface area contributed by atoms with Crippen LogP contribution < -0.4 is 5.73 Å². The molecule has 0 radical (unpaired) electrons. The number of primary amides is 1. The lowest BCUT2D eigenvalue weighted by atomic mass is 10.0. The Hall–Kier alpha value is -2.87. The number of hydrogen-bond donors (Lipinski definition) is 1. The summed E-state index contributed by atoms with van der Waals surface area (Å²) in [6, 6.07) is 9.18. The SMILES string of the molecule is C=C(COC(N)=O)c1cccc2c(C#N)ccnc12. The van der Waals surface area contributed by atoms with Crippen LogP contribution >= 0.6 is 0 Å². The van der Waals surface area contributed by atoms with Gasteiger partial charge in [-0.1, -0.05) is 24.8 Å². The highest BCUT2D eigenvalue weighted by molar-refractivity contribution is 5.93. The zero-order chi connectivity index (χ0) is 13.8. The van der Waals surface area contributed by atoms with Crippen LogP contribution in [0.4, 0.5) is 4.79 Å². The minimum absolute atomic E-state index is 0.00704. The van der Waals surface area contributed by atoms with Crippen molar-refractivity contribution in [2.24, 2.45) is 5.73 Å². The first kappa shape index (κ1) is 12.6. The van der Waals surface area contributed by atoms with Gasteiger partial charge in [0.15, 0.2) is 0 Å². The monoisotopic (exact) mass is 253 g/mol. The maximum absolute atomic E-state index is 10.6. The number of amides is 1. The number of ether oxygens (including phenoxy) is 1. The van der Waals surface area contributed by atoms with Crippen molar-refractivity contribution in [1.82, 2.24) is 4.98 Å². The van der Waals surface area contributed by atoms with Crippen LogP contribution in [-0.2, 0) is 4.74 Å². The molecule has 0 bridgehead atoms. The molecule has 0 saturated carbocycles. The summed E-state index contributed by atoms with van der Waals surface area (Å²) in [7, 11) is 0. The predicted molar refractivity (Wildman–Crippen MR) is 71.0 cm³/mol. The van der Waals surface area contributed by atoms with Crippen LogP contribution in [0.25, 0.3) is 16.5 Å². The molecule has 1 aromatic carbocycles. The van der Waals surface area contributed by atoms with E-state index in [9.17, 15) is 4.79 Å². The van der Waals surface area contributed by atoms with Crippen molar-refractivity contribution in [3.8, 4) is 6.07 Å². The molecule has 0 saturated heterocycles. The van der Waals surface area contributed by atoms with Crippen molar-refractivity contribution in [3.63, 3.8) is 0 Å². The smallest absolute Gasteiger partial charge is 0.404 e. The van der Waals surface area contributed by atoms with E-state index in [1.807, 2.05) is 12.1 Å². The Kier molecular flexibility index (Phi) is 3.44. The predicted octanol–water partition coefficient (Wildman–Crippen LogP) is 2.21. The van der Waals surface area contributed by atoms with E-state index < -0.39 is 6.09 Å². The number of benzene rings is 1. The van der Waals surface area contributed by atoms with E-state index in [-0.39, 0.29) is 6.61 Å². The normalized spacial score (nSPS) is 9.84. The van der Waals surface area contributed by atoms with Crippen LogP contribution in [0.15, 0.2) is 37.0 Å². The average molecular weight is 253 g/mol. The van der Waals surface area contributed by atoms with Crippen molar-refractivity contribution in [2.45, 2.75) is 0 Å². The molecule has 2 aromatic rings. The molecule has 2 rings (SSSR count). The number of aromatic nitrogens is 1. The number of fused-ring (bicyclic) bond motifs is 1. The molecule has 1 heterocycles. The van der Waals surface area contributed by atoms with E-state index in [4.69, 9.17) is 15.7 Å². The highest BCUT2D eigenvalue weighted by Gasteiger charge is 2.09. The first-order chi connectivity index (χ1) is 9.13. The fourth-order valence-corrected chi connectivity index (χ4v) is 1.79. The molecule has 5 nitrogen and oxygen atoms in total. The molecular formula is C14H11N3O2. The van der Waals surface area contributed by atoms with Crippen LogP contribution in [0.5, 0.6) is 0 Å². The number of carbonyl (C=O) groups excluding carboxylic acids is 1. The summed E-state index contributed by atoms with van der Waals surface area (Å²) in [6.45, 7) is 3.84. The summed E-state index contributed by atoms with van der Waals surface area (Å²) in [5.41, 5.74) is 7.41. The summed E-state index contributed by atoms with van der Waals surface area (Å²) in [5.74, 6) is 0. The summed E-state index contributed by atoms with van der Waals surface area (Å²) < 4.78 is 4.71. The Morgan fingerprint density at radius 3 is 2.95 bits per heavy atom. The summed E-state index contributed by atoms with van der Waals surface area (Å²) in [6.07, 6.45) is 0.708. The van der Waals surface area contributed by atoms with E-state index >= 15 is 0 Å². The van der Waals surface area contributed by atoms with E-state index in [1.54, 1.807) is 18.3 Å². The zero-order valence-corrected chi connectivity index (χ0v) is 10.1. The van der Waals surface area contributed by atoms with Gasteiger partial charge in [-0.15, -0.1) is 0 Å². The van der Waals surface area contributed by atoms with Crippen molar-refractivity contribution < 1.29 is 9.53 Å². The number of para-hydroxylation sites is 1. The number of nitrogens with two attached hydrogens (primary N) is 1. The first-order valence-corrected chi connectivity index (χ1v) is 5.51. The quantitative estimate of drug-likeness (QED) is 0.908. The van der Waals surface area contributed by atoms with Gasteiger partial charge < -0.3 is 10.5 Å². The molecule has 1 aromatic heterocycles. The molecular weight excluding hydrogens is 242 g/mol. The minimum atomic E-state index is -0.855. The van der Waals surface area contributed by atoms with Gasteiger partial charge in [0.25, 0.3) is 0 Å². The van der Waals surface area contributed by atoms with E-state index in [2.05, 4.69) is 17.6 Å². The van der Waals surface area contributed by atoms with Crippen molar-refractivity contribution in [1.29, 1.82) is 5.26 Å². The molecule has 0 spiro atoms. The molecule has 0 aliphatic rings. The summed E-state index contributed by atoms with van der Waals surface area (Å²) in [5, 5.41) is 9.79. The molecule has 19 heavy (non-hydrogen) atoms. The van der Waals surface area contributed by atoms with Gasteiger partial charge in [-0.25, -0.2) is 4.79 Å². The lowest BCUT2D eigenvalue weighted by Gasteiger charge is -2.09. The molecule has 0 aliphatic heterocycles. The van der Waals surface area contributed by atoms with Crippen LogP contribution in [-0.4, -0.2) is 17.7 Å². The summed E-state index contributed by atoms with van der Waals surface area (Å²) in [4.78, 5) is 14.9. The number of rotatable bonds is 3. The van der Waals surface area contributed by atoms with E-state index in [0.29, 0.717) is 16.7 Å². The number of pyridine rings is 1. The fourth-order valence-electron chi connectivity index (χ4n) is 1.79. The van der Waals surface area contributed by atoms with Gasteiger partial charge in [0.2, 0.25) is 0 Å². The molecule has 0 atom stereocenters. The number of nitriles is 1. The van der Waals surface area contributed by atoms with Gasteiger partial charge in [-0.2, -0.15) is 5.26 Å². The second-order valence-electron chi connectivity index (χ2n) is 3.88. The highest BCUT2D eigenvalue weighted by atomic mass is 16.5. The molecule has 2 N–H and O–H groups in total. The maximum Gasteiger partial charge on any atom is 0.404 e. The van der Waals surface area contributed by atoms with Crippen LogP contribution in [0.1, 0.15) is 11.1 Å². The molecule has 0 unspecified atom stereocenters. The van der Waals surface area contributed by atoms with Gasteiger partial charge in [-0.3, -0.25) is 4.98 Å². The highest BCUT2D eigenvalue weighted by Crippen LogP contribution is 2.24. The number of nitrogens with zero attached hydrogens (tertiary/aromatic N) is 2. The Morgan fingerprint density at radius 2 is 2.26 bits per heavy atom. The maximum atomic E-state index is 10.6. The molecule has 94 valence electrons. The van der Waals surface area contributed by atoms with Crippen molar-refractivity contribution in [3.05, 3.63) is 48.2 Å². The van der Waals surface area contributed by atoms with Gasteiger partial charge in [0.1, 0.15) is 6.61 Å². The van der Waals surface area contributed by atoms with Gasteiger partial charge >= 0.3 is 6.09 Å². The fraction of sp³-hybridized carbons (Fsp3) is 0.0714. The van der Waals surface area contributed by atoms with Crippen LogP contribution in [0.3, 0.4) is 0 Å². The second-order valence-corrected chi connectivity index (χ2v) is 3.88. The average Bonchev–Trinajstić information content (AvgIpc) is 2.43. The van der Waals surface area contributed by atoms with Crippen molar-refractivity contribution >= 4 is 22.6 Å². The third kappa shape index (κ3) is 2.53. The second kappa shape index (κ2) is 5.19. The first-order valence-electron chi connectivity index (χ1n) is 5.51.